The van der Waals surface area contributed by atoms with Gasteiger partial charge in [0.05, 0.1) is 18.2 Å². The number of halogens is 3. The van der Waals surface area contributed by atoms with Crippen molar-refractivity contribution in [3.05, 3.63) is 23.3 Å². The number of benzene rings is 1. The van der Waals surface area contributed by atoms with E-state index in [2.05, 4.69) is 0 Å². The molecule has 0 aliphatic heterocycles. The van der Waals surface area contributed by atoms with Gasteiger partial charge in [-0.15, -0.1) is 11.8 Å². The fourth-order valence-corrected chi connectivity index (χ4v) is 1.77. The summed E-state index contributed by atoms with van der Waals surface area (Å²) in [5, 5.41) is 0. The summed E-state index contributed by atoms with van der Waals surface area (Å²) in [6.07, 6.45) is -1.30. The van der Waals surface area contributed by atoms with E-state index in [-0.39, 0.29) is 16.2 Å². The van der Waals surface area contributed by atoms with Crippen molar-refractivity contribution >= 4 is 18.0 Å². The van der Waals surface area contributed by atoms with Gasteiger partial charge in [0.25, 0.3) is 0 Å². The number of thioether (sulfide) groups is 1. The molecular weight excluding hydrogens is 241 g/mol. The van der Waals surface area contributed by atoms with Gasteiger partial charge in [-0.1, -0.05) is 0 Å². The highest BCUT2D eigenvalue weighted by molar-refractivity contribution is 7.98. The maximum atomic E-state index is 12.5. The Labute approximate surface area is 94.8 Å². The highest BCUT2D eigenvalue weighted by atomic mass is 32.2. The molecule has 0 aliphatic rings. The fourth-order valence-electron chi connectivity index (χ4n) is 1.18. The first-order valence-corrected chi connectivity index (χ1v) is 5.38. The molecule has 0 fully saturated rings. The molecule has 0 atom stereocenters. The molecule has 2 nitrogen and oxygen atoms in total. The lowest BCUT2D eigenvalue weighted by Gasteiger charge is -2.12. The summed E-state index contributed by atoms with van der Waals surface area (Å²) in [5.41, 5.74) is -0.823. The number of ether oxygens (including phenoxy) is 1. The zero-order valence-electron chi connectivity index (χ0n) is 8.51. The van der Waals surface area contributed by atoms with Crippen LogP contribution in [0.15, 0.2) is 17.0 Å². The van der Waals surface area contributed by atoms with Crippen LogP contribution < -0.4 is 4.74 Å². The Balaban J connectivity index is 3.43. The maximum Gasteiger partial charge on any atom is 0.416 e. The zero-order chi connectivity index (χ0) is 12.3. The van der Waals surface area contributed by atoms with Crippen LogP contribution in [0.1, 0.15) is 11.1 Å². The second-order valence-corrected chi connectivity index (χ2v) is 3.70. The first kappa shape index (κ1) is 12.9. The van der Waals surface area contributed by atoms with E-state index in [0.29, 0.717) is 0 Å². The van der Waals surface area contributed by atoms with Crippen molar-refractivity contribution in [3.8, 4) is 5.75 Å². The van der Waals surface area contributed by atoms with Crippen LogP contribution in [0.25, 0.3) is 0 Å². The van der Waals surface area contributed by atoms with Crippen molar-refractivity contribution in [1.82, 2.24) is 0 Å². The third kappa shape index (κ3) is 2.49. The molecule has 0 aliphatic carbocycles. The SMILES string of the molecule is COc1cc(C(F)(F)F)cc(SC)c1[C]=O. The van der Waals surface area contributed by atoms with Gasteiger partial charge in [-0.2, -0.15) is 13.2 Å². The van der Waals surface area contributed by atoms with Gasteiger partial charge in [0.2, 0.25) is 6.29 Å². The monoisotopic (exact) mass is 249 g/mol. The maximum absolute atomic E-state index is 12.5. The lowest BCUT2D eigenvalue weighted by Crippen LogP contribution is -2.07. The van der Waals surface area contributed by atoms with E-state index in [9.17, 15) is 18.0 Å². The Hall–Kier alpha value is -1.17. The smallest absolute Gasteiger partial charge is 0.416 e. The van der Waals surface area contributed by atoms with Crippen LogP contribution in [0.2, 0.25) is 0 Å². The van der Waals surface area contributed by atoms with Crippen LogP contribution in [0.3, 0.4) is 0 Å². The van der Waals surface area contributed by atoms with Crippen molar-refractivity contribution in [3.63, 3.8) is 0 Å². The molecule has 0 aromatic heterocycles. The molecule has 1 aromatic carbocycles. The van der Waals surface area contributed by atoms with Crippen LogP contribution in [0.5, 0.6) is 5.75 Å². The van der Waals surface area contributed by atoms with Crippen molar-refractivity contribution in [2.45, 2.75) is 11.1 Å². The Morgan fingerprint density at radius 3 is 2.38 bits per heavy atom. The van der Waals surface area contributed by atoms with E-state index in [1.807, 2.05) is 0 Å². The second-order valence-electron chi connectivity index (χ2n) is 2.86. The molecule has 0 spiro atoms. The number of carbonyl (C=O) groups excluding carboxylic acids is 1. The van der Waals surface area contributed by atoms with Crippen LogP contribution in [-0.2, 0) is 11.0 Å². The number of hydrogen-bond acceptors (Lipinski definition) is 3. The number of hydrogen-bond donors (Lipinski definition) is 0. The van der Waals surface area contributed by atoms with Gasteiger partial charge in [-0.05, 0) is 18.4 Å². The van der Waals surface area contributed by atoms with E-state index in [4.69, 9.17) is 4.74 Å². The lowest BCUT2D eigenvalue weighted by atomic mass is 10.1. The summed E-state index contributed by atoms with van der Waals surface area (Å²) in [7, 11) is 1.21. The molecule has 1 radical (unpaired) electrons. The zero-order valence-corrected chi connectivity index (χ0v) is 9.33. The summed E-state index contributed by atoms with van der Waals surface area (Å²) in [6.45, 7) is 0. The van der Waals surface area contributed by atoms with Crippen molar-refractivity contribution in [1.29, 1.82) is 0 Å². The largest absolute Gasteiger partial charge is 0.496 e. The molecule has 0 bridgehead atoms. The van der Waals surface area contributed by atoms with Crippen LogP contribution in [-0.4, -0.2) is 19.7 Å². The fraction of sp³-hybridized carbons (Fsp3) is 0.300. The van der Waals surface area contributed by atoms with Crippen LogP contribution in [0.4, 0.5) is 13.2 Å². The third-order valence-electron chi connectivity index (χ3n) is 1.94. The van der Waals surface area contributed by atoms with Gasteiger partial charge in [-0.3, -0.25) is 4.79 Å². The minimum absolute atomic E-state index is 0.0167. The number of rotatable bonds is 3. The first-order valence-electron chi connectivity index (χ1n) is 4.15. The van der Waals surface area contributed by atoms with E-state index in [0.717, 1.165) is 23.9 Å². The van der Waals surface area contributed by atoms with E-state index >= 15 is 0 Å². The standard InChI is InChI=1S/C10H8F3O2S/c1-15-8-3-6(10(11,12)13)4-9(16-2)7(8)5-14/h3-4H,1-2H3. The normalized spacial score (nSPS) is 11.3. The molecule has 1 aromatic rings. The summed E-state index contributed by atoms with van der Waals surface area (Å²) in [6, 6.07) is 1.70. The summed E-state index contributed by atoms with van der Waals surface area (Å²) in [4.78, 5) is 10.8. The highest BCUT2D eigenvalue weighted by Gasteiger charge is 2.32. The van der Waals surface area contributed by atoms with Gasteiger partial charge < -0.3 is 4.74 Å². The lowest BCUT2D eigenvalue weighted by molar-refractivity contribution is -0.137. The number of alkyl halides is 3. The molecule has 0 amide bonds. The Kier molecular flexibility index (Phi) is 3.85. The molecule has 87 valence electrons. The topological polar surface area (TPSA) is 26.3 Å². The molecule has 0 N–H and O–H groups in total. The Bertz CT molecular complexity index is 377. The average Bonchev–Trinajstić information content (AvgIpc) is 2.25. The van der Waals surface area contributed by atoms with Gasteiger partial charge in [0.1, 0.15) is 5.75 Å². The minimum Gasteiger partial charge on any atom is -0.496 e. The van der Waals surface area contributed by atoms with E-state index in [1.54, 1.807) is 12.5 Å². The van der Waals surface area contributed by atoms with Crippen molar-refractivity contribution in [2.24, 2.45) is 0 Å². The van der Waals surface area contributed by atoms with Crippen molar-refractivity contribution < 1.29 is 22.7 Å². The minimum atomic E-state index is -4.46. The highest BCUT2D eigenvalue weighted by Crippen LogP contribution is 2.37. The van der Waals surface area contributed by atoms with E-state index < -0.39 is 11.7 Å². The van der Waals surface area contributed by atoms with Gasteiger partial charge in [0, 0.05) is 4.90 Å². The molecule has 0 saturated carbocycles. The summed E-state index contributed by atoms with van der Waals surface area (Å²) >= 11 is 1.04. The van der Waals surface area contributed by atoms with Crippen LogP contribution >= 0.6 is 11.8 Å². The molecular formula is C10H8F3O2S. The molecule has 0 unspecified atom stereocenters. The summed E-state index contributed by atoms with van der Waals surface area (Å²) < 4.78 is 42.2. The quantitative estimate of drug-likeness (QED) is 0.770. The van der Waals surface area contributed by atoms with Gasteiger partial charge >= 0.3 is 6.18 Å². The third-order valence-corrected chi connectivity index (χ3v) is 2.70. The molecule has 1 rings (SSSR count). The summed E-state index contributed by atoms with van der Waals surface area (Å²) in [5.74, 6) is -0.117. The second kappa shape index (κ2) is 4.78. The van der Waals surface area contributed by atoms with Crippen LogP contribution in [0, 0.1) is 0 Å². The Morgan fingerprint density at radius 2 is 2.00 bits per heavy atom. The average molecular weight is 249 g/mol. The molecule has 16 heavy (non-hydrogen) atoms. The first-order chi connectivity index (χ1) is 7.43. The number of methoxy groups -OCH3 is 1. The molecule has 0 heterocycles. The Morgan fingerprint density at radius 1 is 1.38 bits per heavy atom. The molecule has 0 saturated heterocycles. The van der Waals surface area contributed by atoms with E-state index in [1.165, 1.54) is 7.11 Å². The predicted molar refractivity (Wildman–Crippen MR) is 54.6 cm³/mol. The van der Waals surface area contributed by atoms with Gasteiger partial charge in [0.15, 0.2) is 0 Å². The molecule has 6 heteroatoms. The predicted octanol–water partition coefficient (Wildman–Crippen LogP) is 2.89. The van der Waals surface area contributed by atoms with Gasteiger partial charge in [-0.25, -0.2) is 0 Å². The van der Waals surface area contributed by atoms with Crippen molar-refractivity contribution in [2.75, 3.05) is 13.4 Å².